The summed E-state index contributed by atoms with van der Waals surface area (Å²) in [5, 5.41) is 8.76. The minimum absolute atomic E-state index is 0.0596. The summed E-state index contributed by atoms with van der Waals surface area (Å²) in [5.74, 6) is -0.388. The van der Waals surface area contributed by atoms with E-state index in [1.807, 2.05) is 46.8 Å². The standard InChI is InChI=1S/C17H25NO4/c1-11(2)18(7-6-16(20)21)15(19)10-22-17-13(4)8-12(3)9-14(17)5/h8-9,11H,6-7,10H2,1-5H3,(H,20,21). The van der Waals surface area contributed by atoms with Gasteiger partial charge in [0.2, 0.25) is 0 Å². The Balaban J connectivity index is 2.73. The monoisotopic (exact) mass is 307 g/mol. The van der Waals surface area contributed by atoms with Crippen molar-refractivity contribution in [1.29, 1.82) is 0 Å². The number of carbonyl (C=O) groups excluding carboxylic acids is 1. The highest BCUT2D eigenvalue weighted by molar-refractivity contribution is 5.79. The summed E-state index contributed by atoms with van der Waals surface area (Å²) in [5.41, 5.74) is 3.14. The number of hydrogen-bond acceptors (Lipinski definition) is 3. The van der Waals surface area contributed by atoms with Crippen molar-refractivity contribution in [2.45, 2.75) is 47.1 Å². The van der Waals surface area contributed by atoms with Crippen LogP contribution < -0.4 is 4.74 Å². The van der Waals surface area contributed by atoms with Crippen LogP contribution in [0.1, 0.15) is 37.0 Å². The van der Waals surface area contributed by atoms with Crippen molar-refractivity contribution < 1.29 is 19.4 Å². The molecule has 0 atom stereocenters. The molecule has 1 N–H and O–H groups in total. The Bertz CT molecular complexity index is 529. The second-order valence-corrected chi connectivity index (χ2v) is 5.84. The quantitative estimate of drug-likeness (QED) is 0.841. The molecule has 0 saturated carbocycles. The van der Waals surface area contributed by atoms with Crippen LogP contribution in [-0.2, 0) is 9.59 Å². The molecule has 1 aromatic carbocycles. The summed E-state index contributed by atoms with van der Waals surface area (Å²) in [6.45, 7) is 9.75. The predicted octanol–water partition coefficient (Wildman–Crippen LogP) is 2.70. The molecule has 0 fully saturated rings. The van der Waals surface area contributed by atoms with Crippen molar-refractivity contribution in [3.8, 4) is 5.75 Å². The van der Waals surface area contributed by atoms with E-state index in [0.717, 1.165) is 22.4 Å². The molecule has 0 aliphatic rings. The van der Waals surface area contributed by atoms with E-state index in [-0.39, 0.29) is 31.5 Å². The molecule has 0 saturated heterocycles. The van der Waals surface area contributed by atoms with Crippen molar-refractivity contribution in [3.05, 3.63) is 28.8 Å². The second kappa shape index (κ2) is 7.82. The maximum absolute atomic E-state index is 12.3. The van der Waals surface area contributed by atoms with Crippen LogP contribution in [-0.4, -0.2) is 41.1 Å². The Morgan fingerprint density at radius 2 is 1.73 bits per heavy atom. The Morgan fingerprint density at radius 1 is 1.18 bits per heavy atom. The van der Waals surface area contributed by atoms with Gasteiger partial charge in [0.15, 0.2) is 6.61 Å². The highest BCUT2D eigenvalue weighted by atomic mass is 16.5. The fourth-order valence-electron chi connectivity index (χ4n) is 2.50. The molecule has 0 bridgehead atoms. The number of rotatable bonds is 7. The number of benzene rings is 1. The number of carboxylic acids is 1. The fraction of sp³-hybridized carbons (Fsp3) is 0.529. The number of amides is 1. The van der Waals surface area contributed by atoms with Gasteiger partial charge in [-0.15, -0.1) is 0 Å². The van der Waals surface area contributed by atoms with Crippen LogP contribution in [0.15, 0.2) is 12.1 Å². The minimum atomic E-state index is -0.912. The minimum Gasteiger partial charge on any atom is -0.483 e. The molecule has 22 heavy (non-hydrogen) atoms. The molecule has 0 heterocycles. The summed E-state index contributed by atoms with van der Waals surface area (Å²) in [7, 11) is 0. The first-order valence-electron chi connectivity index (χ1n) is 7.44. The summed E-state index contributed by atoms with van der Waals surface area (Å²) >= 11 is 0. The first-order chi connectivity index (χ1) is 10.2. The second-order valence-electron chi connectivity index (χ2n) is 5.84. The highest BCUT2D eigenvalue weighted by Gasteiger charge is 2.19. The van der Waals surface area contributed by atoms with Crippen LogP contribution in [0.3, 0.4) is 0 Å². The molecule has 5 nitrogen and oxygen atoms in total. The van der Waals surface area contributed by atoms with E-state index in [2.05, 4.69) is 0 Å². The fourth-order valence-corrected chi connectivity index (χ4v) is 2.50. The summed E-state index contributed by atoms with van der Waals surface area (Å²) < 4.78 is 5.68. The number of hydrogen-bond donors (Lipinski definition) is 1. The molecular formula is C17H25NO4. The van der Waals surface area contributed by atoms with Gasteiger partial charge in [-0.05, 0) is 45.7 Å². The highest BCUT2D eigenvalue weighted by Crippen LogP contribution is 2.24. The van der Waals surface area contributed by atoms with Gasteiger partial charge < -0.3 is 14.7 Å². The summed E-state index contributed by atoms with van der Waals surface area (Å²) in [6.07, 6.45) is -0.0630. The van der Waals surface area contributed by atoms with E-state index in [4.69, 9.17) is 9.84 Å². The van der Waals surface area contributed by atoms with Gasteiger partial charge >= 0.3 is 5.97 Å². The number of ether oxygens (including phenoxy) is 1. The lowest BCUT2D eigenvalue weighted by molar-refractivity contribution is -0.139. The topological polar surface area (TPSA) is 66.8 Å². The lowest BCUT2D eigenvalue weighted by Gasteiger charge is -2.26. The predicted molar refractivity (Wildman–Crippen MR) is 85.2 cm³/mol. The normalized spacial score (nSPS) is 10.6. The van der Waals surface area contributed by atoms with E-state index in [1.165, 1.54) is 4.90 Å². The van der Waals surface area contributed by atoms with E-state index in [1.54, 1.807) is 0 Å². The van der Waals surface area contributed by atoms with Crippen LogP contribution in [0, 0.1) is 20.8 Å². The van der Waals surface area contributed by atoms with Crippen LogP contribution in [0.5, 0.6) is 5.75 Å². The third-order valence-electron chi connectivity index (χ3n) is 3.45. The van der Waals surface area contributed by atoms with E-state index >= 15 is 0 Å². The first kappa shape index (κ1) is 18.0. The zero-order valence-electron chi connectivity index (χ0n) is 14.0. The van der Waals surface area contributed by atoms with Crippen LogP contribution in [0.25, 0.3) is 0 Å². The average Bonchev–Trinajstić information content (AvgIpc) is 2.36. The Kier molecular flexibility index (Phi) is 6.40. The SMILES string of the molecule is Cc1cc(C)c(OCC(=O)N(CCC(=O)O)C(C)C)c(C)c1. The Labute approximate surface area is 131 Å². The largest absolute Gasteiger partial charge is 0.483 e. The molecule has 0 aliphatic carbocycles. The summed E-state index contributed by atoms with van der Waals surface area (Å²) in [6, 6.07) is 3.96. The molecule has 0 radical (unpaired) electrons. The molecule has 5 heteroatoms. The number of carboxylic acid groups (broad SMARTS) is 1. The lowest BCUT2D eigenvalue weighted by Crippen LogP contribution is -2.41. The van der Waals surface area contributed by atoms with Crippen LogP contribution in [0.2, 0.25) is 0 Å². The van der Waals surface area contributed by atoms with Crippen molar-refractivity contribution >= 4 is 11.9 Å². The van der Waals surface area contributed by atoms with Crippen LogP contribution in [0.4, 0.5) is 0 Å². The average molecular weight is 307 g/mol. The zero-order valence-corrected chi connectivity index (χ0v) is 14.0. The molecule has 1 amide bonds. The number of carbonyl (C=O) groups is 2. The number of nitrogens with zero attached hydrogens (tertiary/aromatic N) is 1. The first-order valence-corrected chi connectivity index (χ1v) is 7.44. The van der Waals surface area contributed by atoms with Crippen LogP contribution >= 0.6 is 0 Å². The van der Waals surface area contributed by atoms with Gasteiger partial charge in [0.1, 0.15) is 5.75 Å². The third-order valence-corrected chi connectivity index (χ3v) is 3.45. The Morgan fingerprint density at radius 3 is 2.18 bits per heavy atom. The molecule has 0 unspecified atom stereocenters. The van der Waals surface area contributed by atoms with Crippen molar-refractivity contribution in [1.82, 2.24) is 4.90 Å². The maximum Gasteiger partial charge on any atom is 0.305 e. The van der Waals surface area contributed by atoms with Gasteiger partial charge in [-0.2, -0.15) is 0 Å². The van der Waals surface area contributed by atoms with Gasteiger partial charge in [0, 0.05) is 12.6 Å². The molecule has 1 rings (SSSR count). The Hall–Kier alpha value is -2.04. The number of aryl methyl sites for hydroxylation is 3. The van der Waals surface area contributed by atoms with Gasteiger partial charge in [-0.1, -0.05) is 17.7 Å². The smallest absolute Gasteiger partial charge is 0.305 e. The molecule has 0 spiro atoms. The van der Waals surface area contributed by atoms with Crippen molar-refractivity contribution in [3.63, 3.8) is 0 Å². The molecular weight excluding hydrogens is 282 g/mol. The summed E-state index contributed by atoms with van der Waals surface area (Å²) in [4.78, 5) is 24.5. The van der Waals surface area contributed by atoms with Crippen molar-refractivity contribution in [2.24, 2.45) is 0 Å². The third kappa shape index (κ3) is 5.06. The molecule has 1 aromatic rings. The molecule has 0 aromatic heterocycles. The molecule has 122 valence electrons. The van der Waals surface area contributed by atoms with E-state index in [0.29, 0.717) is 0 Å². The van der Waals surface area contributed by atoms with E-state index < -0.39 is 5.97 Å². The van der Waals surface area contributed by atoms with Gasteiger partial charge in [0.05, 0.1) is 6.42 Å². The van der Waals surface area contributed by atoms with Gasteiger partial charge in [0.25, 0.3) is 5.91 Å². The van der Waals surface area contributed by atoms with E-state index in [9.17, 15) is 9.59 Å². The zero-order chi connectivity index (χ0) is 16.9. The maximum atomic E-state index is 12.3. The lowest BCUT2D eigenvalue weighted by atomic mass is 10.1. The number of aliphatic carboxylic acids is 1. The molecule has 0 aliphatic heterocycles. The van der Waals surface area contributed by atoms with Gasteiger partial charge in [-0.25, -0.2) is 0 Å². The van der Waals surface area contributed by atoms with Gasteiger partial charge in [-0.3, -0.25) is 9.59 Å². The van der Waals surface area contributed by atoms with Crippen molar-refractivity contribution in [2.75, 3.05) is 13.2 Å².